The van der Waals surface area contributed by atoms with Crippen molar-refractivity contribution in [1.82, 2.24) is 19.4 Å². The maximum absolute atomic E-state index is 13.0. The van der Waals surface area contributed by atoms with Crippen LogP contribution in [0.2, 0.25) is 0 Å². The average molecular weight is 340 g/mol. The van der Waals surface area contributed by atoms with Crippen molar-refractivity contribution in [2.75, 3.05) is 32.8 Å². The summed E-state index contributed by atoms with van der Waals surface area (Å²) in [5.41, 5.74) is 1.47. The SMILES string of the molecule is C[C@@H]1[C@H](N2CCOCC2)CCN1C(=O)c1cc(-n2cccc2)ccn1. The van der Waals surface area contributed by atoms with Crippen LogP contribution in [0, 0.1) is 0 Å². The Morgan fingerprint density at radius 3 is 2.72 bits per heavy atom. The first kappa shape index (κ1) is 16.3. The third kappa shape index (κ3) is 3.19. The number of nitrogens with zero attached hydrogens (tertiary/aromatic N) is 4. The van der Waals surface area contributed by atoms with Crippen LogP contribution in [0.5, 0.6) is 0 Å². The molecule has 2 fully saturated rings. The largest absolute Gasteiger partial charge is 0.379 e. The third-order valence-corrected chi connectivity index (χ3v) is 5.36. The lowest BCUT2D eigenvalue weighted by Crippen LogP contribution is -2.49. The van der Waals surface area contributed by atoms with Crippen molar-refractivity contribution < 1.29 is 9.53 Å². The molecule has 0 radical (unpaired) electrons. The maximum Gasteiger partial charge on any atom is 0.272 e. The first-order valence-electron chi connectivity index (χ1n) is 8.96. The van der Waals surface area contributed by atoms with Gasteiger partial charge in [0.1, 0.15) is 5.69 Å². The van der Waals surface area contributed by atoms with Gasteiger partial charge in [-0.1, -0.05) is 0 Å². The van der Waals surface area contributed by atoms with Gasteiger partial charge < -0.3 is 14.2 Å². The van der Waals surface area contributed by atoms with Gasteiger partial charge in [-0.15, -0.1) is 0 Å². The van der Waals surface area contributed by atoms with Crippen LogP contribution in [0.25, 0.3) is 5.69 Å². The molecular formula is C19H24N4O2. The number of ether oxygens (including phenoxy) is 1. The van der Waals surface area contributed by atoms with Crippen molar-refractivity contribution in [3.63, 3.8) is 0 Å². The lowest BCUT2D eigenvalue weighted by molar-refractivity contribution is 0.0104. The van der Waals surface area contributed by atoms with Crippen LogP contribution in [0.15, 0.2) is 42.9 Å². The number of hydrogen-bond acceptors (Lipinski definition) is 4. The molecule has 4 heterocycles. The second-order valence-corrected chi connectivity index (χ2v) is 6.73. The fourth-order valence-corrected chi connectivity index (χ4v) is 3.96. The summed E-state index contributed by atoms with van der Waals surface area (Å²) in [4.78, 5) is 21.8. The van der Waals surface area contributed by atoms with E-state index in [2.05, 4.69) is 16.8 Å². The van der Waals surface area contributed by atoms with Crippen molar-refractivity contribution in [3.8, 4) is 5.69 Å². The number of amides is 1. The predicted molar refractivity (Wildman–Crippen MR) is 94.9 cm³/mol. The van der Waals surface area contributed by atoms with Gasteiger partial charge >= 0.3 is 0 Å². The van der Waals surface area contributed by atoms with Gasteiger partial charge in [-0.25, -0.2) is 0 Å². The Morgan fingerprint density at radius 1 is 1.20 bits per heavy atom. The highest BCUT2D eigenvalue weighted by Gasteiger charge is 2.38. The Kier molecular flexibility index (Phi) is 4.55. The quantitative estimate of drug-likeness (QED) is 0.855. The summed E-state index contributed by atoms with van der Waals surface area (Å²) in [5, 5.41) is 0. The van der Waals surface area contributed by atoms with E-state index in [1.807, 2.05) is 46.1 Å². The van der Waals surface area contributed by atoms with E-state index in [-0.39, 0.29) is 11.9 Å². The number of carbonyl (C=O) groups excluding carboxylic acids is 1. The number of carbonyl (C=O) groups is 1. The highest BCUT2D eigenvalue weighted by atomic mass is 16.5. The highest BCUT2D eigenvalue weighted by Crippen LogP contribution is 2.25. The van der Waals surface area contributed by atoms with E-state index in [9.17, 15) is 4.79 Å². The van der Waals surface area contributed by atoms with Crippen LogP contribution < -0.4 is 0 Å². The van der Waals surface area contributed by atoms with Gasteiger partial charge in [0.15, 0.2) is 0 Å². The summed E-state index contributed by atoms with van der Waals surface area (Å²) >= 11 is 0. The minimum Gasteiger partial charge on any atom is -0.379 e. The van der Waals surface area contributed by atoms with Gasteiger partial charge in [-0.05, 0) is 37.6 Å². The Morgan fingerprint density at radius 2 is 1.96 bits per heavy atom. The standard InChI is InChI=1S/C19H24N4O2/c1-15-18(22-10-12-25-13-11-22)5-9-23(15)19(24)17-14-16(4-6-20-17)21-7-2-3-8-21/h2-4,6-8,14-15,18H,5,9-13H2,1H3/t15-,18-/m1/s1. The first-order valence-corrected chi connectivity index (χ1v) is 8.96. The molecule has 2 aromatic heterocycles. The average Bonchev–Trinajstić information content (AvgIpc) is 3.32. The zero-order valence-electron chi connectivity index (χ0n) is 14.5. The number of aromatic nitrogens is 2. The van der Waals surface area contributed by atoms with Crippen molar-refractivity contribution >= 4 is 5.91 Å². The molecule has 2 aliphatic rings. The molecule has 0 bridgehead atoms. The molecule has 2 aromatic rings. The summed E-state index contributed by atoms with van der Waals surface area (Å²) in [6.07, 6.45) is 6.67. The Balaban J connectivity index is 1.50. The van der Waals surface area contributed by atoms with Crippen LogP contribution in [-0.4, -0.2) is 70.2 Å². The zero-order chi connectivity index (χ0) is 17.2. The van der Waals surface area contributed by atoms with Gasteiger partial charge in [-0.2, -0.15) is 0 Å². The molecule has 4 rings (SSSR count). The number of morpholine rings is 1. The van der Waals surface area contributed by atoms with Gasteiger partial charge in [0.2, 0.25) is 0 Å². The van der Waals surface area contributed by atoms with Crippen molar-refractivity contribution in [3.05, 3.63) is 48.5 Å². The van der Waals surface area contributed by atoms with Crippen molar-refractivity contribution in [1.29, 1.82) is 0 Å². The number of pyridine rings is 1. The predicted octanol–water partition coefficient (Wildman–Crippen LogP) is 1.81. The summed E-state index contributed by atoms with van der Waals surface area (Å²) in [5.74, 6) is 0.0252. The van der Waals surface area contributed by atoms with E-state index in [1.165, 1.54) is 0 Å². The fourth-order valence-electron chi connectivity index (χ4n) is 3.96. The molecule has 132 valence electrons. The lowest BCUT2D eigenvalue weighted by Gasteiger charge is -2.35. The van der Waals surface area contributed by atoms with Gasteiger partial charge in [-0.3, -0.25) is 14.7 Å². The summed E-state index contributed by atoms with van der Waals surface area (Å²) in [6, 6.07) is 8.34. The second-order valence-electron chi connectivity index (χ2n) is 6.73. The number of rotatable bonds is 3. The molecule has 0 unspecified atom stereocenters. The van der Waals surface area contributed by atoms with Gasteiger partial charge in [0.05, 0.1) is 13.2 Å². The minimum absolute atomic E-state index is 0.0252. The monoisotopic (exact) mass is 340 g/mol. The number of likely N-dealkylation sites (tertiary alicyclic amines) is 1. The summed E-state index contributed by atoms with van der Waals surface area (Å²) in [6.45, 7) is 6.43. The minimum atomic E-state index is 0.0252. The van der Waals surface area contributed by atoms with Crippen LogP contribution >= 0.6 is 0 Å². The van der Waals surface area contributed by atoms with Gasteiger partial charge in [0, 0.05) is 56.0 Å². The fraction of sp³-hybridized carbons (Fsp3) is 0.474. The van der Waals surface area contributed by atoms with E-state index >= 15 is 0 Å². The second kappa shape index (κ2) is 6.98. The van der Waals surface area contributed by atoms with E-state index in [4.69, 9.17) is 4.74 Å². The molecule has 1 amide bonds. The molecule has 0 aromatic carbocycles. The van der Waals surface area contributed by atoms with E-state index in [0.717, 1.165) is 45.0 Å². The molecule has 2 atom stereocenters. The molecule has 2 aliphatic heterocycles. The molecule has 0 spiro atoms. The van der Waals surface area contributed by atoms with Crippen LogP contribution in [0.4, 0.5) is 0 Å². The van der Waals surface area contributed by atoms with Gasteiger partial charge in [0.25, 0.3) is 5.91 Å². The Bertz CT molecular complexity index is 725. The van der Waals surface area contributed by atoms with Crippen LogP contribution in [-0.2, 0) is 4.74 Å². The molecule has 6 heteroatoms. The van der Waals surface area contributed by atoms with Crippen molar-refractivity contribution in [2.24, 2.45) is 0 Å². The van der Waals surface area contributed by atoms with Crippen molar-refractivity contribution in [2.45, 2.75) is 25.4 Å². The smallest absolute Gasteiger partial charge is 0.272 e. The Labute approximate surface area is 148 Å². The molecule has 25 heavy (non-hydrogen) atoms. The topological polar surface area (TPSA) is 50.6 Å². The van der Waals surface area contributed by atoms with E-state index in [1.54, 1.807) is 6.20 Å². The van der Waals surface area contributed by atoms with Crippen LogP contribution in [0.3, 0.4) is 0 Å². The van der Waals surface area contributed by atoms with E-state index < -0.39 is 0 Å². The van der Waals surface area contributed by atoms with E-state index in [0.29, 0.717) is 11.7 Å². The molecule has 6 nitrogen and oxygen atoms in total. The molecular weight excluding hydrogens is 316 g/mol. The first-order chi connectivity index (χ1) is 12.2. The lowest BCUT2D eigenvalue weighted by atomic mass is 10.1. The molecule has 0 saturated carbocycles. The molecule has 0 N–H and O–H groups in total. The Hall–Kier alpha value is -2.18. The highest BCUT2D eigenvalue weighted by molar-refractivity contribution is 5.93. The maximum atomic E-state index is 13.0. The third-order valence-electron chi connectivity index (χ3n) is 5.36. The molecule has 0 aliphatic carbocycles. The zero-order valence-corrected chi connectivity index (χ0v) is 14.5. The number of hydrogen-bond donors (Lipinski definition) is 0. The summed E-state index contributed by atoms with van der Waals surface area (Å²) < 4.78 is 7.44. The molecule has 2 saturated heterocycles. The normalized spacial score (nSPS) is 24.6. The van der Waals surface area contributed by atoms with Crippen LogP contribution in [0.1, 0.15) is 23.8 Å². The summed E-state index contributed by atoms with van der Waals surface area (Å²) in [7, 11) is 0.